The van der Waals surface area contributed by atoms with Crippen LogP contribution in [0.25, 0.3) is 0 Å². The van der Waals surface area contributed by atoms with E-state index < -0.39 is 97.5 Å². The predicted molar refractivity (Wildman–Crippen MR) is 368 cm³/mol. The van der Waals surface area contributed by atoms with Gasteiger partial charge in [0.05, 0.1) is 26.4 Å². The lowest BCUT2D eigenvalue weighted by atomic mass is 10.0. The average Bonchev–Trinajstić information content (AvgIpc) is 3.42. The fraction of sp³-hybridized carbons (Fsp3) is 0.944. The van der Waals surface area contributed by atoms with Gasteiger partial charge < -0.3 is 33.8 Å². The van der Waals surface area contributed by atoms with Crippen molar-refractivity contribution < 1.29 is 80.2 Å². The van der Waals surface area contributed by atoms with Gasteiger partial charge in [-0.1, -0.05) is 329 Å². The Morgan fingerprint density at radius 1 is 0.264 bits per heavy atom. The third-order valence-electron chi connectivity index (χ3n) is 16.9. The molecule has 0 fully saturated rings. The van der Waals surface area contributed by atoms with Crippen molar-refractivity contribution in [3.05, 3.63) is 0 Å². The molecule has 0 aromatic rings. The Morgan fingerprint density at radius 3 is 0.648 bits per heavy atom. The number of phosphoric acid groups is 2. The number of carbonyl (C=O) groups excluding carboxylic acids is 4. The molecule has 0 heterocycles. The highest BCUT2D eigenvalue weighted by atomic mass is 31.2. The van der Waals surface area contributed by atoms with E-state index in [1.54, 1.807) is 0 Å². The van der Waals surface area contributed by atoms with Gasteiger partial charge in [0.25, 0.3) is 0 Å². The van der Waals surface area contributed by atoms with Crippen LogP contribution in [0.4, 0.5) is 0 Å². The number of ether oxygens (including phenoxy) is 4. The second-order valence-electron chi connectivity index (χ2n) is 26.0. The first kappa shape index (κ1) is 89.1. The molecule has 0 amide bonds. The standard InChI is InChI=1S/C72H140O17P2/c1-5-9-13-17-20-23-26-29-31-32-33-34-35-38-41-44-47-51-55-59-72(77)89-68(63-83-70(75)57-53-49-45-42-39-37-30-27-24-21-18-14-10-6-2)65-87-91(80,81)85-61-66(73)60-84-90(78,79)86-64-67(62-82-69(74)56-52-48-16-12-8-4)88-71(76)58-54-50-46-43-40-36-28-25-22-19-15-11-7-3/h66-68,73H,5-65H2,1-4H3,(H,78,79)(H,80,81)/t66-,67+,68+/m0/s1. The van der Waals surface area contributed by atoms with Gasteiger partial charge in [0.2, 0.25) is 0 Å². The lowest BCUT2D eigenvalue weighted by Gasteiger charge is -2.21. The Hall–Kier alpha value is -1.94. The molecule has 19 heteroatoms. The van der Waals surface area contributed by atoms with Crippen LogP contribution in [0.15, 0.2) is 0 Å². The van der Waals surface area contributed by atoms with Crippen molar-refractivity contribution in [2.45, 2.75) is 399 Å². The molecule has 0 rings (SSSR count). The maximum Gasteiger partial charge on any atom is 0.472 e. The molecule has 540 valence electrons. The molecule has 5 atom stereocenters. The Kier molecular flexibility index (Phi) is 65.2. The maximum absolute atomic E-state index is 13.0. The number of unbranched alkanes of at least 4 members (excludes halogenated alkanes) is 47. The summed E-state index contributed by atoms with van der Waals surface area (Å²) < 4.78 is 68.2. The van der Waals surface area contributed by atoms with Crippen LogP contribution in [-0.2, 0) is 65.4 Å². The first-order valence-corrected chi connectivity index (χ1v) is 40.8. The second kappa shape index (κ2) is 66.7. The SMILES string of the molecule is CCCCCCCCCCCCCCCCCCCCCC(=O)O[C@H](COC(=O)CCCCCCCCCCCCCCCC)COP(=O)(O)OC[C@@H](O)COP(=O)(O)OC[C@@H](COC(=O)CCCCCCC)OC(=O)CCCCCCCCCCCCCCC. The van der Waals surface area contributed by atoms with Crippen molar-refractivity contribution in [3.63, 3.8) is 0 Å². The van der Waals surface area contributed by atoms with E-state index in [9.17, 15) is 43.2 Å². The van der Waals surface area contributed by atoms with E-state index in [4.69, 9.17) is 37.0 Å². The Bertz CT molecular complexity index is 1740. The summed E-state index contributed by atoms with van der Waals surface area (Å²) in [6.45, 7) is 4.88. The van der Waals surface area contributed by atoms with E-state index in [-0.39, 0.29) is 25.7 Å². The highest BCUT2D eigenvalue weighted by Crippen LogP contribution is 2.45. The van der Waals surface area contributed by atoms with Crippen molar-refractivity contribution in [2.75, 3.05) is 39.6 Å². The number of hydrogen-bond acceptors (Lipinski definition) is 15. The fourth-order valence-electron chi connectivity index (χ4n) is 11.0. The largest absolute Gasteiger partial charge is 0.472 e. The van der Waals surface area contributed by atoms with Gasteiger partial charge in [0.15, 0.2) is 12.2 Å². The van der Waals surface area contributed by atoms with Gasteiger partial charge in [-0.15, -0.1) is 0 Å². The minimum atomic E-state index is -4.95. The summed E-state index contributed by atoms with van der Waals surface area (Å²) >= 11 is 0. The Morgan fingerprint density at radius 2 is 0.440 bits per heavy atom. The zero-order chi connectivity index (χ0) is 66.8. The molecule has 0 aliphatic carbocycles. The first-order valence-electron chi connectivity index (χ1n) is 37.8. The van der Waals surface area contributed by atoms with Gasteiger partial charge in [-0.3, -0.25) is 37.3 Å². The lowest BCUT2D eigenvalue weighted by molar-refractivity contribution is -0.161. The zero-order valence-corrected chi connectivity index (χ0v) is 60.6. The van der Waals surface area contributed by atoms with Crippen molar-refractivity contribution >= 4 is 39.5 Å². The molecule has 0 aromatic carbocycles. The quantitative estimate of drug-likeness (QED) is 0.0222. The monoisotopic (exact) mass is 1340 g/mol. The molecule has 0 spiro atoms. The van der Waals surface area contributed by atoms with E-state index in [0.717, 1.165) is 96.3 Å². The third kappa shape index (κ3) is 66.5. The number of phosphoric ester groups is 2. The summed E-state index contributed by atoms with van der Waals surface area (Å²) in [7, 11) is -9.89. The molecule has 3 N–H and O–H groups in total. The summed E-state index contributed by atoms with van der Waals surface area (Å²) in [5, 5.41) is 10.6. The molecule has 0 saturated carbocycles. The highest BCUT2D eigenvalue weighted by molar-refractivity contribution is 7.47. The number of aliphatic hydroxyl groups is 1. The van der Waals surface area contributed by atoms with Crippen LogP contribution >= 0.6 is 15.6 Å². The van der Waals surface area contributed by atoms with Crippen LogP contribution in [0.1, 0.15) is 381 Å². The van der Waals surface area contributed by atoms with Crippen LogP contribution in [0.5, 0.6) is 0 Å². The molecular formula is C72H140O17P2. The minimum Gasteiger partial charge on any atom is -0.462 e. The van der Waals surface area contributed by atoms with E-state index >= 15 is 0 Å². The lowest BCUT2D eigenvalue weighted by Crippen LogP contribution is -2.30. The maximum atomic E-state index is 13.0. The van der Waals surface area contributed by atoms with Gasteiger partial charge in [0.1, 0.15) is 19.3 Å². The van der Waals surface area contributed by atoms with Crippen LogP contribution < -0.4 is 0 Å². The average molecular weight is 1340 g/mol. The van der Waals surface area contributed by atoms with Gasteiger partial charge >= 0.3 is 39.5 Å². The highest BCUT2D eigenvalue weighted by Gasteiger charge is 2.30. The van der Waals surface area contributed by atoms with Crippen LogP contribution in [0, 0.1) is 0 Å². The summed E-state index contributed by atoms with van der Waals surface area (Å²) in [5.74, 6) is -2.13. The van der Waals surface area contributed by atoms with Crippen molar-refractivity contribution in [1.29, 1.82) is 0 Å². The number of esters is 4. The van der Waals surface area contributed by atoms with Gasteiger partial charge in [-0.2, -0.15) is 0 Å². The molecule has 2 unspecified atom stereocenters. The van der Waals surface area contributed by atoms with E-state index in [0.29, 0.717) is 25.7 Å². The molecule has 0 radical (unpaired) electrons. The van der Waals surface area contributed by atoms with Gasteiger partial charge in [-0.05, 0) is 25.7 Å². The molecular weight excluding hydrogens is 1200 g/mol. The summed E-state index contributed by atoms with van der Waals surface area (Å²) in [5.41, 5.74) is 0. The molecule has 91 heavy (non-hydrogen) atoms. The number of carbonyl (C=O) groups is 4. The number of aliphatic hydroxyl groups excluding tert-OH is 1. The molecule has 0 aromatic heterocycles. The molecule has 0 bridgehead atoms. The van der Waals surface area contributed by atoms with E-state index in [1.807, 2.05) is 0 Å². The molecule has 0 saturated heterocycles. The van der Waals surface area contributed by atoms with Crippen LogP contribution in [0.2, 0.25) is 0 Å². The van der Waals surface area contributed by atoms with Crippen LogP contribution in [0.3, 0.4) is 0 Å². The van der Waals surface area contributed by atoms with Crippen molar-refractivity contribution in [3.8, 4) is 0 Å². The summed E-state index contributed by atoms with van der Waals surface area (Å²) in [6, 6.07) is 0. The van der Waals surface area contributed by atoms with Crippen molar-refractivity contribution in [1.82, 2.24) is 0 Å². The first-order chi connectivity index (χ1) is 44.2. The van der Waals surface area contributed by atoms with E-state index in [1.165, 1.54) is 205 Å². The third-order valence-corrected chi connectivity index (χ3v) is 18.8. The summed E-state index contributed by atoms with van der Waals surface area (Å²) in [6.07, 6.45) is 55.8. The molecule has 0 aliphatic rings. The number of hydrogen-bond donors (Lipinski definition) is 3. The van der Waals surface area contributed by atoms with E-state index in [2.05, 4.69) is 27.7 Å². The van der Waals surface area contributed by atoms with Gasteiger partial charge in [-0.25, -0.2) is 9.13 Å². The minimum absolute atomic E-state index is 0.107. The zero-order valence-electron chi connectivity index (χ0n) is 58.8. The summed E-state index contributed by atoms with van der Waals surface area (Å²) in [4.78, 5) is 72.4. The second-order valence-corrected chi connectivity index (χ2v) is 28.9. The molecule has 17 nitrogen and oxygen atoms in total. The predicted octanol–water partition coefficient (Wildman–Crippen LogP) is 21.1. The Labute approximate surface area is 556 Å². The topological polar surface area (TPSA) is 237 Å². The smallest absolute Gasteiger partial charge is 0.462 e. The van der Waals surface area contributed by atoms with Gasteiger partial charge in [0, 0.05) is 25.7 Å². The van der Waals surface area contributed by atoms with Crippen molar-refractivity contribution in [2.24, 2.45) is 0 Å². The molecule has 0 aliphatic heterocycles. The fourth-order valence-corrected chi connectivity index (χ4v) is 12.6. The van der Waals surface area contributed by atoms with Crippen LogP contribution in [-0.4, -0.2) is 96.7 Å². The Balaban J connectivity index is 5.13. The normalized spacial score (nSPS) is 14.0. The number of rotatable bonds is 73.